The molecule has 110 valence electrons. The van der Waals surface area contributed by atoms with Gasteiger partial charge in [-0.1, -0.05) is 0 Å². The summed E-state index contributed by atoms with van der Waals surface area (Å²) in [4.78, 5) is 10.8. The molecular weight excluding hydrogens is 287 g/mol. The number of methoxy groups -OCH3 is 1. The molecule has 1 saturated heterocycles. The third kappa shape index (κ3) is 3.26. The van der Waals surface area contributed by atoms with E-state index < -0.39 is 15.8 Å². The highest BCUT2D eigenvalue weighted by Gasteiger charge is 2.24. The Morgan fingerprint density at radius 3 is 2.75 bits per heavy atom. The average molecular weight is 302 g/mol. The first kappa shape index (κ1) is 14.7. The van der Waals surface area contributed by atoms with E-state index in [0.717, 1.165) is 6.07 Å². The van der Waals surface area contributed by atoms with Gasteiger partial charge in [0.1, 0.15) is 0 Å². The van der Waals surface area contributed by atoms with Crippen LogP contribution < -0.4 is 14.8 Å². The number of sulfonamides is 1. The number of halogens is 1. The van der Waals surface area contributed by atoms with Crippen LogP contribution in [0.25, 0.3) is 0 Å². The Kier molecular flexibility index (Phi) is 4.24. The summed E-state index contributed by atoms with van der Waals surface area (Å²) in [5, 5.41) is 2.58. The number of carbonyl (C=O) groups is 1. The highest BCUT2D eigenvalue weighted by Crippen LogP contribution is 2.21. The molecule has 1 unspecified atom stereocenters. The van der Waals surface area contributed by atoms with Gasteiger partial charge >= 0.3 is 0 Å². The molecule has 6 nitrogen and oxygen atoms in total. The van der Waals surface area contributed by atoms with E-state index in [2.05, 4.69) is 10.0 Å². The van der Waals surface area contributed by atoms with Crippen LogP contribution in [0, 0.1) is 5.82 Å². The molecule has 0 radical (unpaired) electrons. The van der Waals surface area contributed by atoms with Gasteiger partial charge in [0.2, 0.25) is 15.9 Å². The number of hydrogen-bond acceptors (Lipinski definition) is 4. The maximum Gasteiger partial charge on any atom is 0.240 e. The predicted octanol–water partition coefficient (Wildman–Crippen LogP) is 0.391. The maximum absolute atomic E-state index is 13.5. The normalized spacial score (nSPS) is 19.5. The topological polar surface area (TPSA) is 84.5 Å². The van der Waals surface area contributed by atoms with Crippen molar-refractivity contribution < 1.29 is 22.3 Å². The number of ether oxygens (including phenoxy) is 1. The van der Waals surface area contributed by atoms with Crippen LogP contribution in [0.2, 0.25) is 0 Å². The van der Waals surface area contributed by atoms with Crippen molar-refractivity contribution in [2.45, 2.75) is 23.8 Å². The van der Waals surface area contributed by atoms with Gasteiger partial charge in [-0.15, -0.1) is 0 Å². The van der Waals surface area contributed by atoms with Gasteiger partial charge in [-0.05, 0) is 24.6 Å². The molecule has 0 aliphatic carbocycles. The first-order chi connectivity index (χ1) is 9.42. The van der Waals surface area contributed by atoms with Crippen LogP contribution in [0.4, 0.5) is 4.39 Å². The first-order valence-electron chi connectivity index (χ1n) is 6.05. The summed E-state index contributed by atoms with van der Waals surface area (Å²) in [6.45, 7) is 0.233. The van der Waals surface area contributed by atoms with Crippen molar-refractivity contribution >= 4 is 15.9 Å². The van der Waals surface area contributed by atoms with Gasteiger partial charge in [0.05, 0.1) is 12.0 Å². The van der Waals surface area contributed by atoms with Crippen molar-refractivity contribution in [2.75, 3.05) is 13.7 Å². The van der Waals surface area contributed by atoms with E-state index in [1.54, 1.807) is 0 Å². The highest BCUT2D eigenvalue weighted by atomic mass is 32.2. The molecule has 1 aromatic rings. The van der Waals surface area contributed by atoms with E-state index in [9.17, 15) is 17.6 Å². The van der Waals surface area contributed by atoms with Crippen molar-refractivity contribution in [1.82, 2.24) is 10.0 Å². The fourth-order valence-corrected chi connectivity index (χ4v) is 3.22. The largest absolute Gasteiger partial charge is 0.494 e. The number of piperidine rings is 1. The van der Waals surface area contributed by atoms with Crippen molar-refractivity contribution in [1.29, 1.82) is 0 Å². The zero-order chi connectivity index (χ0) is 14.8. The van der Waals surface area contributed by atoms with Crippen molar-refractivity contribution in [3.05, 3.63) is 24.0 Å². The standard InChI is InChI=1S/C12H15FN2O4S/c1-19-11-4-3-9(6-10(11)13)20(17,18)15-8-2-5-12(16)14-7-8/h3-4,6,8,15H,2,5,7H2,1H3,(H,14,16). The number of rotatable bonds is 4. The predicted molar refractivity (Wildman–Crippen MR) is 69.3 cm³/mol. The molecule has 1 aliphatic rings. The van der Waals surface area contributed by atoms with Gasteiger partial charge in [-0.2, -0.15) is 0 Å². The van der Waals surface area contributed by atoms with Crippen LogP contribution in [0.1, 0.15) is 12.8 Å². The van der Waals surface area contributed by atoms with Crippen LogP contribution in [-0.4, -0.2) is 34.0 Å². The zero-order valence-electron chi connectivity index (χ0n) is 10.8. The minimum absolute atomic E-state index is 0.0196. The molecule has 0 saturated carbocycles. The third-order valence-electron chi connectivity index (χ3n) is 3.02. The number of amides is 1. The molecule has 2 rings (SSSR count). The fourth-order valence-electron chi connectivity index (χ4n) is 1.94. The molecule has 20 heavy (non-hydrogen) atoms. The lowest BCUT2D eigenvalue weighted by Crippen LogP contribution is -2.47. The highest BCUT2D eigenvalue weighted by molar-refractivity contribution is 7.89. The van der Waals surface area contributed by atoms with E-state index in [0.29, 0.717) is 6.42 Å². The first-order valence-corrected chi connectivity index (χ1v) is 7.53. The molecule has 1 aliphatic heterocycles. The van der Waals surface area contributed by atoms with Crippen molar-refractivity contribution in [3.63, 3.8) is 0 Å². The summed E-state index contributed by atoms with van der Waals surface area (Å²) in [5.41, 5.74) is 0. The number of carbonyl (C=O) groups excluding carboxylic acids is 1. The van der Waals surface area contributed by atoms with E-state index in [4.69, 9.17) is 4.74 Å². The summed E-state index contributed by atoms with van der Waals surface area (Å²) in [5.74, 6) is -0.864. The summed E-state index contributed by atoms with van der Waals surface area (Å²) >= 11 is 0. The van der Waals surface area contributed by atoms with E-state index >= 15 is 0 Å². The molecule has 2 N–H and O–H groups in total. The summed E-state index contributed by atoms with van der Waals surface area (Å²) in [7, 11) is -2.52. The Morgan fingerprint density at radius 2 is 2.20 bits per heavy atom. The zero-order valence-corrected chi connectivity index (χ0v) is 11.7. The lowest BCUT2D eigenvalue weighted by molar-refractivity contribution is -0.122. The molecule has 1 fully saturated rings. The molecule has 0 aromatic heterocycles. The monoisotopic (exact) mass is 302 g/mol. The molecule has 0 bridgehead atoms. The second-order valence-electron chi connectivity index (χ2n) is 4.46. The van der Waals surface area contributed by atoms with Gasteiger partial charge in [-0.3, -0.25) is 4.79 Å². The lowest BCUT2D eigenvalue weighted by atomic mass is 10.1. The minimum atomic E-state index is -3.82. The van der Waals surface area contributed by atoms with Crippen LogP contribution in [0.5, 0.6) is 5.75 Å². The Labute approximate surface area is 116 Å². The molecule has 1 amide bonds. The molecule has 0 spiro atoms. The smallest absolute Gasteiger partial charge is 0.240 e. The van der Waals surface area contributed by atoms with Gasteiger partial charge in [0.15, 0.2) is 11.6 Å². The van der Waals surface area contributed by atoms with Crippen LogP contribution in [0.3, 0.4) is 0 Å². The van der Waals surface area contributed by atoms with E-state index in [-0.39, 0.29) is 35.6 Å². The molecule has 8 heteroatoms. The number of nitrogens with one attached hydrogen (secondary N) is 2. The number of benzene rings is 1. The van der Waals surface area contributed by atoms with Crippen LogP contribution >= 0.6 is 0 Å². The molecule has 1 atom stereocenters. The van der Waals surface area contributed by atoms with Gasteiger partial charge in [-0.25, -0.2) is 17.5 Å². The van der Waals surface area contributed by atoms with Gasteiger partial charge in [0.25, 0.3) is 0 Å². The Hall–Kier alpha value is -1.67. The second kappa shape index (κ2) is 5.76. The van der Waals surface area contributed by atoms with Gasteiger partial charge < -0.3 is 10.1 Å². The maximum atomic E-state index is 13.5. The average Bonchev–Trinajstić information content (AvgIpc) is 2.41. The van der Waals surface area contributed by atoms with Crippen LogP contribution in [-0.2, 0) is 14.8 Å². The van der Waals surface area contributed by atoms with Gasteiger partial charge in [0, 0.05) is 19.0 Å². The lowest BCUT2D eigenvalue weighted by Gasteiger charge is -2.23. The Morgan fingerprint density at radius 1 is 1.45 bits per heavy atom. The number of hydrogen-bond donors (Lipinski definition) is 2. The van der Waals surface area contributed by atoms with Crippen molar-refractivity contribution in [2.24, 2.45) is 0 Å². The molecule has 1 aromatic carbocycles. The van der Waals surface area contributed by atoms with E-state index in [1.165, 1.54) is 19.2 Å². The summed E-state index contributed by atoms with van der Waals surface area (Å²) < 4.78 is 44.9. The summed E-state index contributed by atoms with van der Waals surface area (Å²) in [6.07, 6.45) is 0.688. The Balaban J connectivity index is 2.14. The van der Waals surface area contributed by atoms with E-state index in [1.807, 2.05) is 0 Å². The summed E-state index contributed by atoms with van der Waals surface area (Å²) in [6, 6.07) is 3.05. The minimum Gasteiger partial charge on any atom is -0.494 e. The third-order valence-corrected chi connectivity index (χ3v) is 4.54. The van der Waals surface area contributed by atoms with Crippen molar-refractivity contribution in [3.8, 4) is 5.75 Å². The Bertz CT molecular complexity index is 608. The second-order valence-corrected chi connectivity index (χ2v) is 6.17. The molecule has 1 heterocycles. The SMILES string of the molecule is COc1ccc(S(=O)(=O)NC2CCC(=O)NC2)cc1F. The fraction of sp³-hybridized carbons (Fsp3) is 0.417. The molecular formula is C12H15FN2O4S. The van der Waals surface area contributed by atoms with Crippen LogP contribution in [0.15, 0.2) is 23.1 Å². The quantitative estimate of drug-likeness (QED) is 0.843.